The Kier molecular flexibility index (Phi) is 4.66. The van der Waals surface area contributed by atoms with Crippen LogP contribution in [-0.4, -0.2) is 53.8 Å². The lowest BCUT2D eigenvalue weighted by Gasteiger charge is -2.41. The highest BCUT2D eigenvalue weighted by Gasteiger charge is 2.37. The van der Waals surface area contributed by atoms with Crippen LogP contribution in [0.2, 0.25) is 0 Å². The summed E-state index contributed by atoms with van der Waals surface area (Å²) in [5, 5.41) is 3.04. The molecule has 1 atom stereocenters. The summed E-state index contributed by atoms with van der Waals surface area (Å²) in [7, 11) is 0. The van der Waals surface area contributed by atoms with Gasteiger partial charge in [0.05, 0.1) is 11.3 Å². The zero-order valence-corrected chi connectivity index (χ0v) is 15.1. The molecule has 26 heavy (non-hydrogen) atoms. The van der Waals surface area contributed by atoms with Crippen molar-refractivity contribution in [3.8, 4) is 0 Å². The number of hydrogen-bond donors (Lipinski definition) is 1. The van der Waals surface area contributed by atoms with Crippen LogP contribution in [0.15, 0.2) is 12.3 Å². The number of rotatable bonds is 0. The van der Waals surface area contributed by atoms with Gasteiger partial charge in [-0.25, -0.2) is 9.78 Å². The van der Waals surface area contributed by atoms with Crippen molar-refractivity contribution in [2.45, 2.75) is 45.0 Å². The second-order valence-corrected chi connectivity index (χ2v) is 7.58. The topological polar surface area (TPSA) is 57.7 Å². The van der Waals surface area contributed by atoms with Crippen LogP contribution in [0, 0.1) is 0 Å². The minimum Gasteiger partial charge on any atom is -0.444 e. The lowest BCUT2D eigenvalue weighted by Crippen LogP contribution is -2.55. The predicted octanol–water partition coefficient (Wildman–Crippen LogP) is 3.34. The molecule has 3 rings (SSSR count). The Balaban J connectivity index is 1.78. The molecule has 1 unspecified atom stereocenters. The number of alkyl halides is 3. The van der Waals surface area contributed by atoms with Crippen molar-refractivity contribution >= 4 is 17.6 Å². The molecule has 0 aliphatic carbocycles. The largest absolute Gasteiger partial charge is 0.444 e. The SMILES string of the molecule is CC(C)(C)OC(=O)N1CCN2c3ncc(C(F)(F)F)cc3NCCC2C1. The Morgan fingerprint density at radius 3 is 2.69 bits per heavy atom. The van der Waals surface area contributed by atoms with Gasteiger partial charge in [0.1, 0.15) is 5.60 Å². The van der Waals surface area contributed by atoms with Crippen molar-refractivity contribution in [3.63, 3.8) is 0 Å². The molecule has 1 aromatic heterocycles. The highest BCUT2D eigenvalue weighted by Crippen LogP contribution is 2.36. The van der Waals surface area contributed by atoms with E-state index in [4.69, 9.17) is 4.74 Å². The van der Waals surface area contributed by atoms with Gasteiger partial charge in [-0.3, -0.25) is 0 Å². The summed E-state index contributed by atoms with van der Waals surface area (Å²) in [5.41, 5.74) is -0.955. The molecule has 0 bridgehead atoms. The quantitative estimate of drug-likeness (QED) is 0.757. The molecule has 144 valence electrons. The van der Waals surface area contributed by atoms with Gasteiger partial charge in [-0.05, 0) is 33.3 Å². The van der Waals surface area contributed by atoms with E-state index >= 15 is 0 Å². The summed E-state index contributed by atoms with van der Waals surface area (Å²) in [6.07, 6.45) is -3.24. The van der Waals surface area contributed by atoms with Gasteiger partial charge in [-0.2, -0.15) is 13.2 Å². The Morgan fingerprint density at radius 1 is 1.31 bits per heavy atom. The van der Waals surface area contributed by atoms with Crippen LogP contribution in [0.5, 0.6) is 0 Å². The van der Waals surface area contributed by atoms with Crippen LogP contribution in [-0.2, 0) is 10.9 Å². The van der Waals surface area contributed by atoms with E-state index in [0.717, 1.165) is 12.3 Å². The van der Waals surface area contributed by atoms with Gasteiger partial charge in [-0.15, -0.1) is 0 Å². The van der Waals surface area contributed by atoms with Crippen LogP contribution in [0.3, 0.4) is 0 Å². The fourth-order valence-corrected chi connectivity index (χ4v) is 3.22. The summed E-state index contributed by atoms with van der Waals surface area (Å²) in [6, 6.07) is 1.08. The van der Waals surface area contributed by atoms with Gasteiger partial charge in [0, 0.05) is 38.4 Å². The molecule has 0 aromatic carbocycles. The second kappa shape index (κ2) is 6.51. The van der Waals surface area contributed by atoms with Crippen molar-refractivity contribution in [2.24, 2.45) is 0 Å². The number of carbonyl (C=O) groups excluding carboxylic acids is 1. The fourth-order valence-electron chi connectivity index (χ4n) is 3.22. The zero-order chi connectivity index (χ0) is 19.1. The van der Waals surface area contributed by atoms with Crippen molar-refractivity contribution in [3.05, 3.63) is 17.8 Å². The summed E-state index contributed by atoms with van der Waals surface area (Å²) >= 11 is 0. The molecule has 6 nitrogen and oxygen atoms in total. The maximum Gasteiger partial charge on any atom is 0.417 e. The average molecular weight is 372 g/mol. The van der Waals surface area contributed by atoms with Gasteiger partial charge in [0.2, 0.25) is 0 Å². The first-order valence-corrected chi connectivity index (χ1v) is 8.60. The van der Waals surface area contributed by atoms with Gasteiger partial charge < -0.3 is 19.9 Å². The molecular formula is C17H23F3N4O2. The molecule has 0 spiro atoms. The van der Waals surface area contributed by atoms with E-state index in [9.17, 15) is 18.0 Å². The Bertz CT molecular complexity index is 688. The molecule has 1 aromatic rings. The van der Waals surface area contributed by atoms with Gasteiger partial charge in [0.25, 0.3) is 0 Å². The van der Waals surface area contributed by atoms with E-state index in [1.54, 1.807) is 4.90 Å². The summed E-state index contributed by atoms with van der Waals surface area (Å²) in [6.45, 7) is 7.35. The third-order valence-corrected chi connectivity index (χ3v) is 4.39. The van der Waals surface area contributed by atoms with Crippen LogP contribution in [0.4, 0.5) is 29.5 Å². The average Bonchev–Trinajstić information content (AvgIpc) is 2.70. The number of nitrogens with one attached hydrogen (secondary N) is 1. The first-order valence-electron chi connectivity index (χ1n) is 8.60. The van der Waals surface area contributed by atoms with Crippen molar-refractivity contribution in [1.82, 2.24) is 9.88 Å². The zero-order valence-electron chi connectivity index (χ0n) is 15.1. The molecule has 0 saturated carbocycles. The number of carbonyl (C=O) groups is 1. The number of piperazine rings is 1. The number of pyridine rings is 1. The van der Waals surface area contributed by atoms with E-state index in [2.05, 4.69) is 10.3 Å². The minimum atomic E-state index is -4.43. The molecule has 2 aliphatic heterocycles. The highest BCUT2D eigenvalue weighted by atomic mass is 19.4. The van der Waals surface area contributed by atoms with E-state index in [0.29, 0.717) is 44.1 Å². The molecule has 1 amide bonds. The van der Waals surface area contributed by atoms with Crippen molar-refractivity contribution < 1.29 is 22.7 Å². The van der Waals surface area contributed by atoms with E-state index in [1.165, 1.54) is 0 Å². The maximum atomic E-state index is 12.9. The number of aromatic nitrogens is 1. The first kappa shape index (κ1) is 18.6. The third-order valence-electron chi connectivity index (χ3n) is 4.39. The van der Waals surface area contributed by atoms with Crippen molar-refractivity contribution in [1.29, 1.82) is 0 Å². The fraction of sp³-hybridized carbons (Fsp3) is 0.647. The third kappa shape index (κ3) is 3.96. The lowest BCUT2D eigenvalue weighted by molar-refractivity contribution is -0.137. The van der Waals surface area contributed by atoms with E-state index in [-0.39, 0.29) is 12.1 Å². The number of anilines is 2. The molecule has 3 heterocycles. The highest BCUT2D eigenvalue weighted by molar-refractivity contribution is 5.71. The number of fused-ring (bicyclic) bond motifs is 3. The van der Waals surface area contributed by atoms with E-state index < -0.39 is 17.3 Å². The van der Waals surface area contributed by atoms with Crippen LogP contribution >= 0.6 is 0 Å². The maximum absolute atomic E-state index is 12.9. The number of hydrogen-bond acceptors (Lipinski definition) is 5. The molecule has 9 heteroatoms. The number of nitrogens with zero attached hydrogens (tertiary/aromatic N) is 3. The molecule has 1 fully saturated rings. The molecule has 2 aliphatic rings. The summed E-state index contributed by atoms with van der Waals surface area (Å²) in [4.78, 5) is 20.0. The smallest absolute Gasteiger partial charge is 0.417 e. The first-order chi connectivity index (χ1) is 12.0. The monoisotopic (exact) mass is 372 g/mol. The Labute approximate surface area is 150 Å². The Hall–Kier alpha value is -2.19. The standard InChI is InChI=1S/C17H23F3N4O2/c1-16(2,3)26-15(25)23-6-7-24-12(10-23)4-5-21-13-8-11(17(18,19)20)9-22-14(13)24/h8-9,12,21H,4-7,10H2,1-3H3. The Morgan fingerprint density at radius 2 is 2.04 bits per heavy atom. The molecule has 1 saturated heterocycles. The predicted molar refractivity (Wildman–Crippen MR) is 91.3 cm³/mol. The van der Waals surface area contributed by atoms with Gasteiger partial charge in [-0.1, -0.05) is 0 Å². The van der Waals surface area contributed by atoms with Gasteiger partial charge in [0.15, 0.2) is 5.82 Å². The second-order valence-electron chi connectivity index (χ2n) is 7.58. The van der Waals surface area contributed by atoms with Crippen LogP contribution in [0.1, 0.15) is 32.8 Å². The summed E-state index contributed by atoms with van der Waals surface area (Å²) < 4.78 is 44.2. The number of ether oxygens (including phenoxy) is 1. The number of halogens is 3. The number of amides is 1. The van der Waals surface area contributed by atoms with Crippen LogP contribution in [0.25, 0.3) is 0 Å². The lowest BCUT2D eigenvalue weighted by atomic mass is 10.1. The van der Waals surface area contributed by atoms with Crippen LogP contribution < -0.4 is 10.2 Å². The molecular weight excluding hydrogens is 349 g/mol. The normalized spacial score (nSPS) is 20.6. The van der Waals surface area contributed by atoms with Crippen molar-refractivity contribution in [2.75, 3.05) is 36.4 Å². The summed E-state index contributed by atoms with van der Waals surface area (Å²) in [5.74, 6) is 0.504. The van der Waals surface area contributed by atoms with Gasteiger partial charge >= 0.3 is 12.3 Å². The molecule has 1 N–H and O–H groups in total. The molecule has 0 radical (unpaired) electrons. The van der Waals surface area contributed by atoms with E-state index in [1.807, 2.05) is 25.7 Å². The minimum absolute atomic E-state index is 0.0192.